The van der Waals surface area contributed by atoms with E-state index in [0.717, 1.165) is 50.4 Å². The van der Waals surface area contributed by atoms with Crippen LogP contribution in [0.2, 0.25) is 0 Å². The van der Waals surface area contributed by atoms with Gasteiger partial charge in [0.2, 0.25) is 0 Å². The summed E-state index contributed by atoms with van der Waals surface area (Å²) in [6.07, 6.45) is 38.2. The van der Waals surface area contributed by atoms with E-state index in [2.05, 4.69) is 46.7 Å². The molecule has 0 amide bonds. The van der Waals surface area contributed by atoms with Crippen LogP contribution in [-0.2, 0) is 19.1 Å². The molecule has 50 heavy (non-hydrogen) atoms. The minimum atomic E-state index is 0.00755. The Labute approximate surface area is 313 Å². The van der Waals surface area contributed by atoms with Gasteiger partial charge in [0, 0.05) is 18.9 Å². The molecule has 0 aliphatic carbocycles. The second-order valence-electron chi connectivity index (χ2n) is 16.0. The molecule has 0 unspecified atom stereocenters. The molecule has 0 N–H and O–H groups in total. The summed E-state index contributed by atoms with van der Waals surface area (Å²) in [5.41, 5.74) is 0. The summed E-state index contributed by atoms with van der Waals surface area (Å²) in [7, 11) is 4.44. The highest BCUT2D eigenvalue weighted by Crippen LogP contribution is 2.23. The summed E-state index contributed by atoms with van der Waals surface area (Å²) in [6.45, 7) is 10.3. The van der Waals surface area contributed by atoms with E-state index >= 15 is 0 Å². The van der Waals surface area contributed by atoms with Gasteiger partial charge < -0.3 is 14.4 Å². The average Bonchev–Trinajstić information content (AvgIpc) is 3.09. The van der Waals surface area contributed by atoms with Crippen LogP contribution in [0.1, 0.15) is 233 Å². The van der Waals surface area contributed by atoms with E-state index in [0.29, 0.717) is 32.1 Å². The van der Waals surface area contributed by atoms with Crippen molar-refractivity contribution >= 4 is 11.9 Å². The van der Waals surface area contributed by atoms with Crippen molar-refractivity contribution in [3.8, 4) is 0 Å². The van der Waals surface area contributed by atoms with Crippen LogP contribution in [-0.4, -0.2) is 50.2 Å². The number of carbonyl (C=O) groups is 2. The first kappa shape index (κ1) is 48.9. The Balaban J connectivity index is 3.90. The predicted octanol–water partition coefficient (Wildman–Crippen LogP) is 13.8. The molecule has 0 aromatic heterocycles. The molecule has 0 aromatic carbocycles. The van der Waals surface area contributed by atoms with Gasteiger partial charge >= 0.3 is 11.9 Å². The number of nitrogens with zero attached hydrogens (tertiary/aromatic N) is 1. The first-order valence-corrected chi connectivity index (χ1v) is 22.3. The highest BCUT2D eigenvalue weighted by Gasteiger charge is 2.13. The molecule has 0 aliphatic rings. The van der Waals surface area contributed by atoms with Gasteiger partial charge in [0.25, 0.3) is 0 Å². The Bertz CT molecular complexity index is 650. The van der Waals surface area contributed by atoms with Crippen molar-refractivity contribution in [3.05, 3.63) is 0 Å². The summed E-state index contributed by atoms with van der Waals surface area (Å²) in [5.74, 6) is 1.46. The largest absolute Gasteiger partial charge is 0.466 e. The first-order valence-electron chi connectivity index (χ1n) is 22.3. The standard InChI is InChI=1S/C45H89NO4/c1-7-11-21-29-41(30-22-12-8-2)37-39-49-44(47)35-27-19-15-17-25-33-43(46(5)6)34-26-18-16-20-28-36-45(48)50-40-38-42(31-23-13-9-3)32-24-14-10-4/h41-43H,7-40H2,1-6H3. The lowest BCUT2D eigenvalue weighted by molar-refractivity contribution is -0.145. The van der Waals surface area contributed by atoms with E-state index in [9.17, 15) is 9.59 Å². The Kier molecular flexibility index (Phi) is 36.8. The highest BCUT2D eigenvalue weighted by molar-refractivity contribution is 5.69. The Morgan fingerprint density at radius 1 is 0.400 bits per heavy atom. The van der Waals surface area contributed by atoms with Crippen LogP contribution < -0.4 is 0 Å². The average molecular weight is 708 g/mol. The molecule has 0 aliphatic heterocycles. The van der Waals surface area contributed by atoms with Crippen LogP contribution in [0.4, 0.5) is 0 Å². The number of ether oxygens (including phenoxy) is 2. The topological polar surface area (TPSA) is 55.8 Å². The summed E-state index contributed by atoms with van der Waals surface area (Å²) < 4.78 is 11.3. The van der Waals surface area contributed by atoms with Gasteiger partial charge in [-0.1, -0.05) is 182 Å². The second kappa shape index (κ2) is 37.7. The van der Waals surface area contributed by atoms with Gasteiger partial charge in [0.15, 0.2) is 0 Å². The third-order valence-corrected chi connectivity index (χ3v) is 11.0. The van der Waals surface area contributed by atoms with Crippen LogP contribution in [0, 0.1) is 11.8 Å². The van der Waals surface area contributed by atoms with Crippen molar-refractivity contribution in [2.75, 3.05) is 27.3 Å². The zero-order valence-electron chi connectivity index (χ0n) is 34.9. The van der Waals surface area contributed by atoms with Gasteiger partial charge in [0.1, 0.15) is 0 Å². The van der Waals surface area contributed by atoms with Crippen molar-refractivity contribution in [1.29, 1.82) is 0 Å². The van der Waals surface area contributed by atoms with Gasteiger partial charge in [-0.25, -0.2) is 0 Å². The minimum absolute atomic E-state index is 0.00755. The minimum Gasteiger partial charge on any atom is -0.466 e. The van der Waals surface area contributed by atoms with Crippen LogP contribution in [0.15, 0.2) is 0 Å². The van der Waals surface area contributed by atoms with Gasteiger partial charge in [-0.3, -0.25) is 9.59 Å². The van der Waals surface area contributed by atoms with Crippen LogP contribution >= 0.6 is 0 Å². The zero-order chi connectivity index (χ0) is 36.9. The fourth-order valence-electron chi connectivity index (χ4n) is 7.44. The summed E-state index contributed by atoms with van der Waals surface area (Å²) in [5, 5.41) is 0. The molecule has 0 fully saturated rings. The highest BCUT2D eigenvalue weighted by atomic mass is 16.5. The SMILES string of the molecule is CCCCCC(CCCCC)CCOC(=O)CCCCCCCC(CCCCCCCC(=O)OCCC(CCCCC)CCCCC)N(C)C. The molecule has 0 bridgehead atoms. The molecular formula is C45H89NO4. The molecular weight excluding hydrogens is 618 g/mol. The van der Waals surface area contributed by atoms with E-state index in [1.165, 1.54) is 154 Å². The maximum absolute atomic E-state index is 12.3. The second-order valence-corrected chi connectivity index (χ2v) is 16.0. The molecule has 0 radical (unpaired) electrons. The van der Waals surface area contributed by atoms with Gasteiger partial charge in [-0.05, 0) is 64.5 Å². The molecule has 0 rings (SSSR count). The molecule has 298 valence electrons. The van der Waals surface area contributed by atoms with Crippen molar-refractivity contribution in [1.82, 2.24) is 4.90 Å². The normalized spacial score (nSPS) is 11.8. The predicted molar refractivity (Wildman–Crippen MR) is 217 cm³/mol. The van der Waals surface area contributed by atoms with Gasteiger partial charge in [-0.2, -0.15) is 0 Å². The van der Waals surface area contributed by atoms with Crippen molar-refractivity contribution in [2.24, 2.45) is 11.8 Å². The Morgan fingerprint density at radius 2 is 0.700 bits per heavy atom. The monoisotopic (exact) mass is 708 g/mol. The van der Waals surface area contributed by atoms with Crippen molar-refractivity contribution < 1.29 is 19.1 Å². The van der Waals surface area contributed by atoms with Gasteiger partial charge in [-0.15, -0.1) is 0 Å². The Hall–Kier alpha value is -1.10. The molecule has 0 atom stereocenters. The summed E-state index contributed by atoms with van der Waals surface area (Å²) >= 11 is 0. The molecule has 5 heteroatoms. The molecule has 0 saturated carbocycles. The lowest BCUT2D eigenvalue weighted by atomic mass is 9.92. The first-order chi connectivity index (χ1) is 24.4. The number of rotatable bonds is 39. The van der Waals surface area contributed by atoms with Crippen molar-refractivity contribution in [2.45, 2.75) is 239 Å². The van der Waals surface area contributed by atoms with E-state index in [1.807, 2.05) is 0 Å². The van der Waals surface area contributed by atoms with Crippen LogP contribution in [0.25, 0.3) is 0 Å². The van der Waals surface area contributed by atoms with Crippen LogP contribution in [0.3, 0.4) is 0 Å². The number of unbranched alkanes of at least 4 members (excludes halogenated alkanes) is 16. The summed E-state index contributed by atoms with van der Waals surface area (Å²) in [4.78, 5) is 27.0. The smallest absolute Gasteiger partial charge is 0.305 e. The zero-order valence-corrected chi connectivity index (χ0v) is 34.9. The maximum atomic E-state index is 12.3. The van der Waals surface area contributed by atoms with Gasteiger partial charge in [0.05, 0.1) is 13.2 Å². The van der Waals surface area contributed by atoms with Crippen LogP contribution in [0.5, 0.6) is 0 Å². The molecule has 0 saturated heterocycles. The Morgan fingerprint density at radius 3 is 1.02 bits per heavy atom. The fraction of sp³-hybridized carbons (Fsp3) is 0.956. The van der Waals surface area contributed by atoms with E-state index in [4.69, 9.17) is 9.47 Å². The van der Waals surface area contributed by atoms with Crippen molar-refractivity contribution in [3.63, 3.8) is 0 Å². The van der Waals surface area contributed by atoms with E-state index in [1.54, 1.807) is 0 Å². The lowest BCUT2D eigenvalue weighted by Crippen LogP contribution is -2.27. The van der Waals surface area contributed by atoms with E-state index in [-0.39, 0.29) is 11.9 Å². The molecule has 0 heterocycles. The number of esters is 2. The number of carbonyl (C=O) groups excluding carboxylic acids is 2. The molecule has 5 nitrogen and oxygen atoms in total. The number of hydrogen-bond donors (Lipinski definition) is 0. The summed E-state index contributed by atoms with van der Waals surface area (Å²) in [6, 6.07) is 0.653. The fourth-order valence-corrected chi connectivity index (χ4v) is 7.44. The molecule has 0 spiro atoms. The quantitative estimate of drug-likeness (QED) is 0.0470. The lowest BCUT2D eigenvalue weighted by Gasteiger charge is -2.24. The molecule has 0 aromatic rings. The van der Waals surface area contributed by atoms with E-state index < -0.39 is 0 Å². The maximum Gasteiger partial charge on any atom is 0.305 e. The number of hydrogen-bond acceptors (Lipinski definition) is 5. The third-order valence-electron chi connectivity index (χ3n) is 11.0. The third kappa shape index (κ3) is 32.8.